The minimum Gasteiger partial charge on any atom is -0.290 e. The van der Waals surface area contributed by atoms with Crippen molar-refractivity contribution in [1.82, 2.24) is 5.09 Å². The molecule has 52 valence electrons. The Morgan fingerprint density at radius 3 is 3.00 bits per heavy atom. The number of rotatable bonds is 3. The summed E-state index contributed by atoms with van der Waals surface area (Å²) in [5.41, 5.74) is 0. The smallest absolute Gasteiger partial charge is 0.280 e. The van der Waals surface area contributed by atoms with Crippen LogP contribution in [0.1, 0.15) is 13.3 Å². The van der Waals surface area contributed by atoms with Crippen molar-refractivity contribution < 1.29 is 4.57 Å². The highest BCUT2D eigenvalue weighted by molar-refractivity contribution is 8.23. The van der Waals surface area contributed by atoms with Crippen LogP contribution in [-0.4, -0.2) is 10.1 Å². The highest BCUT2D eigenvalue weighted by Crippen LogP contribution is 2.04. The lowest BCUT2D eigenvalue weighted by Crippen LogP contribution is -2.04. The van der Waals surface area contributed by atoms with Crippen LogP contribution in [0.25, 0.3) is 0 Å². The minimum absolute atomic E-state index is 0.107. The summed E-state index contributed by atoms with van der Waals surface area (Å²) in [5, 5.41) is 2.49. The lowest BCUT2D eigenvalue weighted by atomic mass is 10.6. The zero-order valence-electron chi connectivity index (χ0n) is 5.09. The summed E-state index contributed by atoms with van der Waals surface area (Å²) in [5.74, 6) is 0.987. The number of hydrogen-bond acceptors (Lipinski definition) is 3. The van der Waals surface area contributed by atoms with Crippen LogP contribution in [0.3, 0.4) is 0 Å². The molecule has 0 aromatic carbocycles. The van der Waals surface area contributed by atoms with Gasteiger partial charge < -0.3 is 0 Å². The fraction of sp³-hybridized carbons (Fsp3) is 0.750. The molecule has 0 bridgehead atoms. The van der Waals surface area contributed by atoms with Gasteiger partial charge in [-0.1, -0.05) is 30.9 Å². The molecule has 0 rings (SSSR count). The van der Waals surface area contributed by atoms with E-state index in [0.29, 0.717) is 4.32 Å². The van der Waals surface area contributed by atoms with Gasteiger partial charge in [-0.05, 0) is 12.2 Å². The predicted molar refractivity (Wildman–Crippen MR) is 46.1 cm³/mol. The molecule has 0 atom stereocenters. The Kier molecular flexibility index (Phi) is 6.70. The van der Waals surface area contributed by atoms with E-state index >= 15 is 0 Å². The molecule has 0 spiro atoms. The third kappa shape index (κ3) is 6.22. The van der Waals surface area contributed by atoms with E-state index in [2.05, 4.69) is 12.0 Å². The van der Waals surface area contributed by atoms with Gasteiger partial charge in [0.1, 0.15) is 4.32 Å². The Balaban J connectivity index is 3.16. The maximum atomic E-state index is 9.86. The van der Waals surface area contributed by atoms with Crippen molar-refractivity contribution in [1.29, 1.82) is 0 Å². The molecule has 5 heteroatoms. The first-order valence-electron chi connectivity index (χ1n) is 2.56. The molecule has 1 N–H and O–H groups in total. The Morgan fingerprint density at radius 2 is 2.56 bits per heavy atom. The maximum Gasteiger partial charge on any atom is 0.280 e. The van der Waals surface area contributed by atoms with Crippen molar-refractivity contribution in [2.75, 3.05) is 5.75 Å². The third-order valence-electron chi connectivity index (χ3n) is 0.574. The molecule has 0 saturated carbocycles. The SMILES string of the molecule is CCCSC(=S)NP=O. The van der Waals surface area contributed by atoms with E-state index in [4.69, 9.17) is 12.2 Å². The average molecular weight is 181 g/mol. The summed E-state index contributed by atoms with van der Waals surface area (Å²) in [7, 11) is -0.107. The first-order valence-corrected chi connectivity index (χ1v) is 4.77. The molecule has 9 heavy (non-hydrogen) atoms. The van der Waals surface area contributed by atoms with Gasteiger partial charge in [-0.25, -0.2) is 4.57 Å². The third-order valence-corrected chi connectivity index (χ3v) is 2.62. The molecular formula is C4H8NOPS2. The zero-order valence-corrected chi connectivity index (χ0v) is 7.61. The first-order chi connectivity index (χ1) is 4.31. The van der Waals surface area contributed by atoms with Gasteiger partial charge in [0, 0.05) is 0 Å². The first kappa shape index (κ1) is 9.34. The van der Waals surface area contributed by atoms with Crippen LogP contribution >= 0.6 is 32.6 Å². The molecule has 0 amide bonds. The van der Waals surface area contributed by atoms with E-state index in [1.54, 1.807) is 0 Å². The van der Waals surface area contributed by atoms with E-state index in [1.807, 2.05) is 0 Å². The number of thiocarbonyl (C=S) groups is 1. The molecular weight excluding hydrogens is 173 g/mol. The van der Waals surface area contributed by atoms with E-state index < -0.39 is 0 Å². The summed E-state index contributed by atoms with van der Waals surface area (Å²) in [4.78, 5) is 0. The molecule has 0 fully saturated rings. The van der Waals surface area contributed by atoms with Crippen LogP contribution in [0.2, 0.25) is 0 Å². The van der Waals surface area contributed by atoms with Crippen molar-refractivity contribution in [3.63, 3.8) is 0 Å². The lowest BCUT2D eigenvalue weighted by molar-refractivity contribution is 0.597. The van der Waals surface area contributed by atoms with E-state index in [1.165, 1.54) is 11.8 Å². The van der Waals surface area contributed by atoms with Gasteiger partial charge in [-0.2, -0.15) is 0 Å². The Morgan fingerprint density at radius 1 is 1.89 bits per heavy atom. The largest absolute Gasteiger partial charge is 0.290 e. The molecule has 2 nitrogen and oxygen atoms in total. The second-order valence-electron chi connectivity index (χ2n) is 1.34. The van der Waals surface area contributed by atoms with Crippen LogP contribution in [0.4, 0.5) is 0 Å². The molecule has 0 aromatic rings. The highest BCUT2D eigenvalue weighted by Gasteiger charge is 1.92. The van der Waals surface area contributed by atoms with Crippen molar-refractivity contribution in [2.45, 2.75) is 13.3 Å². The average Bonchev–Trinajstić information content (AvgIpc) is 1.85. The Bertz CT molecular complexity index is 109. The second kappa shape index (κ2) is 6.46. The topological polar surface area (TPSA) is 29.1 Å². The monoisotopic (exact) mass is 181 g/mol. The molecule has 0 aliphatic heterocycles. The van der Waals surface area contributed by atoms with Crippen molar-refractivity contribution in [3.8, 4) is 0 Å². The summed E-state index contributed by atoms with van der Waals surface area (Å²) in [6, 6.07) is 0. The van der Waals surface area contributed by atoms with Gasteiger partial charge in [-0.3, -0.25) is 5.09 Å². The highest BCUT2D eigenvalue weighted by atomic mass is 32.2. The van der Waals surface area contributed by atoms with Gasteiger partial charge in [0.15, 0.2) is 0 Å². The second-order valence-corrected chi connectivity index (χ2v) is 3.52. The fourth-order valence-electron chi connectivity index (χ4n) is 0.264. The number of thioether (sulfide) groups is 1. The van der Waals surface area contributed by atoms with Gasteiger partial charge >= 0.3 is 0 Å². The van der Waals surface area contributed by atoms with E-state index in [9.17, 15) is 4.57 Å². The molecule has 0 heterocycles. The van der Waals surface area contributed by atoms with Gasteiger partial charge in [-0.15, -0.1) is 0 Å². The summed E-state index contributed by atoms with van der Waals surface area (Å²) in [6.45, 7) is 2.07. The minimum atomic E-state index is -0.107. The number of nitrogens with one attached hydrogen (secondary N) is 1. The van der Waals surface area contributed by atoms with Crippen LogP contribution in [0, 0.1) is 0 Å². The predicted octanol–water partition coefficient (Wildman–Crippen LogP) is 2.21. The Labute approximate surface area is 66.0 Å². The molecule has 0 radical (unpaired) electrons. The molecule has 0 saturated heterocycles. The molecule has 0 unspecified atom stereocenters. The fourth-order valence-corrected chi connectivity index (χ4v) is 1.46. The van der Waals surface area contributed by atoms with Crippen molar-refractivity contribution >= 4 is 36.9 Å². The standard InChI is InChI=1S/C4H8NOPS2/c1-2-3-9-4(8)5-7-6/h2-3H2,1H3,(H,5,6,8). The van der Waals surface area contributed by atoms with Gasteiger partial charge in [0.25, 0.3) is 8.61 Å². The van der Waals surface area contributed by atoms with Crippen molar-refractivity contribution in [2.24, 2.45) is 0 Å². The normalized spacial score (nSPS) is 9.44. The zero-order chi connectivity index (χ0) is 7.11. The van der Waals surface area contributed by atoms with Crippen LogP contribution in [0.15, 0.2) is 0 Å². The van der Waals surface area contributed by atoms with Crippen LogP contribution in [0.5, 0.6) is 0 Å². The quantitative estimate of drug-likeness (QED) is 0.534. The van der Waals surface area contributed by atoms with Crippen molar-refractivity contribution in [3.05, 3.63) is 0 Å². The maximum absolute atomic E-state index is 9.86. The van der Waals surface area contributed by atoms with E-state index in [0.717, 1.165) is 12.2 Å². The molecule has 0 aromatic heterocycles. The van der Waals surface area contributed by atoms with E-state index in [-0.39, 0.29) is 8.61 Å². The number of hydrogen-bond donors (Lipinski definition) is 1. The molecule has 0 aliphatic carbocycles. The summed E-state index contributed by atoms with van der Waals surface area (Å²) < 4.78 is 10.5. The van der Waals surface area contributed by atoms with Crippen LogP contribution < -0.4 is 5.09 Å². The Hall–Kier alpha value is 0.340. The lowest BCUT2D eigenvalue weighted by Gasteiger charge is -1.95. The summed E-state index contributed by atoms with van der Waals surface area (Å²) >= 11 is 6.28. The molecule has 0 aliphatic rings. The van der Waals surface area contributed by atoms with Crippen LogP contribution in [-0.2, 0) is 4.57 Å². The van der Waals surface area contributed by atoms with Gasteiger partial charge in [0.2, 0.25) is 0 Å². The summed E-state index contributed by atoms with van der Waals surface area (Å²) in [6.07, 6.45) is 1.09. The van der Waals surface area contributed by atoms with Gasteiger partial charge in [0.05, 0.1) is 0 Å².